The topological polar surface area (TPSA) is 59.8 Å². The van der Waals surface area contributed by atoms with E-state index in [1.165, 1.54) is 53.2 Å². The Labute approximate surface area is 159 Å². The highest BCUT2D eigenvalue weighted by Gasteiger charge is 2.19. The first-order valence-electron chi connectivity index (χ1n) is 8.45. The fourth-order valence-corrected chi connectivity index (χ4v) is 2.66. The van der Waals surface area contributed by atoms with Gasteiger partial charge in [0.15, 0.2) is 5.82 Å². The number of anilines is 1. The van der Waals surface area contributed by atoms with Crippen molar-refractivity contribution >= 4 is 11.6 Å². The number of carbonyl (C=O) groups is 1. The van der Waals surface area contributed by atoms with Crippen molar-refractivity contribution in [3.8, 4) is 17.1 Å². The van der Waals surface area contributed by atoms with E-state index in [0.29, 0.717) is 22.8 Å². The Hall–Kier alpha value is -3.87. The zero-order valence-electron chi connectivity index (χ0n) is 14.5. The van der Waals surface area contributed by atoms with Crippen LogP contribution in [0.2, 0.25) is 0 Å². The van der Waals surface area contributed by atoms with Crippen LogP contribution in [0.5, 0.6) is 0 Å². The second-order valence-corrected chi connectivity index (χ2v) is 5.97. The number of aromatic nitrogens is 3. The summed E-state index contributed by atoms with van der Waals surface area (Å²) in [5.41, 5.74) is 1.69. The molecule has 1 heterocycles. The number of hydrogen-bond acceptors (Lipinski definition) is 3. The summed E-state index contributed by atoms with van der Waals surface area (Å²) in [6.07, 6.45) is 0. The Balaban J connectivity index is 1.76. The molecule has 0 bridgehead atoms. The van der Waals surface area contributed by atoms with Gasteiger partial charge in [0.1, 0.15) is 11.6 Å². The van der Waals surface area contributed by atoms with Gasteiger partial charge in [-0.1, -0.05) is 18.2 Å². The monoisotopic (exact) mass is 376 g/mol. The molecule has 1 aromatic heterocycles. The molecular weight excluding hydrogens is 362 g/mol. The quantitative estimate of drug-likeness (QED) is 0.572. The van der Waals surface area contributed by atoms with Gasteiger partial charge in [-0.3, -0.25) is 4.79 Å². The molecule has 0 fully saturated rings. The summed E-state index contributed by atoms with van der Waals surface area (Å²) in [4.78, 5) is 16.9. The number of carbonyl (C=O) groups excluding carboxylic acids is 1. The van der Waals surface area contributed by atoms with Crippen molar-refractivity contribution in [1.82, 2.24) is 14.8 Å². The van der Waals surface area contributed by atoms with Crippen molar-refractivity contribution in [2.24, 2.45) is 0 Å². The molecule has 0 spiro atoms. The molecular formula is C21H14F2N4O. The van der Waals surface area contributed by atoms with Gasteiger partial charge < -0.3 is 5.32 Å². The third-order valence-corrected chi connectivity index (χ3v) is 4.02. The van der Waals surface area contributed by atoms with Crippen LogP contribution in [0.1, 0.15) is 10.6 Å². The van der Waals surface area contributed by atoms with E-state index in [2.05, 4.69) is 15.4 Å². The Morgan fingerprint density at radius 1 is 0.821 bits per heavy atom. The summed E-state index contributed by atoms with van der Waals surface area (Å²) in [5.74, 6) is -0.999. The van der Waals surface area contributed by atoms with Crippen LogP contribution in [-0.2, 0) is 0 Å². The summed E-state index contributed by atoms with van der Waals surface area (Å²) < 4.78 is 28.0. The maximum Gasteiger partial charge on any atom is 0.295 e. The van der Waals surface area contributed by atoms with Gasteiger partial charge in [0.25, 0.3) is 5.91 Å². The minimum Gasteiger partial charge on any atom is -0.319 e. The van der Waals surface area contributed by atoms with Gasteiger partial charge in [-0.2, -0.15) is 0 Å². The van der Waals surface area contributed by atoms with Crippen molar-refractivity contribution in [2.75, 3.05) is 5.32 Å². The Morgan fingerprint density at radius 3 is 2.07 bits per heavy atom. The number of rotatable bonds is 4. The number of nitrogens with zero attached hydrogens (tertiary/aromatic N) is 3. The summed E-state index contributed by atoms with van der Waals surface area (Å²) >= 11 is 0. The van der Waals surface area contributed by atoms with Gasteiger partial charge in [0.05, 0.1) is 5.69 Å². The SMILES string of the molecule is O=C(Nc1ccccc1)c1nc(-c2ccc(F)cc2)n(-c2ccc(F)cc2)n1. The predicted molar refractivity (Wildman–Crippen MR) is 101 cm³/mol. The van der Waals surface area contributed by atoms with Crippen LogP contribution < -0.4 is 5.32 Å². The first kappa shape index (κ1) is 17.5. The highest BCUT2D eigenvalue weighted by atomic mass is 19.1. The highest BCUT2D eigenvalue weighted by molar-refractivity contribution is 6.01. The molecule has 0 atom stereocenters. The minimum atomic E-state index is -0.490. The third kappa shape index (κ3) is 3.64. The molecule has 1 amide bonds. The second-order valence-electron chi connectivity index (χ2n) is 5.97. The number of nitrogens with one attached hydrogen (secondary N) is 1. The summed E-state index contributed by atoms with van der Waals surface area (Å²) in [6, 6.07) is 20.2. The van der Waals surface area contributed by atoms with E-state index >= 15 is 0 Å². The second kappa shape index (κ2) is 7.40. The lowest BCUT2D eigenvalue weighted by molar-refractivity contribution is 0.101. The molecule has 5 nitrogen and oxygen atoms in total. The first-order valence-corrected chi connectivity index (χ1v) is 8.45. The smallest absolute Gasteiger partial charge is 0.295 e. The highest BCUT2D eigenvalue weighted by Crippen LogP contribution is 2.22. The minimum absolute atomic E-state index is 0.0625. The lowest BCUT2D eigenvalue weighted by atomic mass is 10.2. The van der Waals surface area contributed by atoms with E-state index in [4.69, 9.17) is 0 Å². The molecule has 3 aromatic carbocycles. The van der Waals surface area contributed by atoms with Crippen LogP contribution in [0.25, 0.3) is 17.1 Å². The Morgan fingerprint density at radius 2 is 1.43 bits per heavy atom. The van der Waals surface area contributed by atoms with Crippen molar-refractivity contribution in [1.29, 1.82) is 0 Å². The largest absolute Gasteiger partial charge is 0.319 e. The van der Waals surface area contributed by atoms with Gasteiger partial charge in [-0.05, 0) is 60.7 Å². The number of amides is 1. The number of halogens is 2. The fraction of sp³-hybridized carbons (Fsp3) is 0. The van der Waals surface area contributed by atoms with Crippen LogP contribution in [0.15, 0.2) is 78.9 Å². The fourth-order valence-electron chi connectivity index (χ4n) is 2.66. The van der Waals surface area contributed by atoms with Crippen molar-refractivity contribution in [2.45, 2.75) is 0 Å². The number of hydrogen-bond donors (Lipinski definition) is 1. The lowest BCUT2D eigenvalue weighted by Crippen LogP contribution is -2.14. The molecule has 0 aliphatic carbocycles. The molecule has 28 heavy (non-hydrogen) atoms. The van der Waals surface area contributed by atoms with Crippen molar-refractivity contribution in [3.05, 3.63) is 96.3 Å². The average Bonchev–Trinajstić information content (AvgIpc) is 3.15. The van der Waals surface area contributed by atoms with E-state index in [9.17, 15) is 13.6 Å². The van der Waals surface area contributed by atoms with Crippen LogP contribution in [0, 0.1) is 11.6 Å². The van der Waals surface area contributed by atoms with Gasteiger partial charge in [0.2, 0.25) is 5.82 Å². The zero-order chi connectivity index (χ0) is 19.5. The average molecular weight is 376 g/mol. The maximum atomic E-state index is 13.3. The van der Waals surface area contributed by atoms with Crippen molar-refractivity contribution < 1.29 is 13.6 Å². The number of para-hydroxylation sites is 1. The molecule has 7 heteroatoms. The van der Waals surface area contributed by atoms with Crippen LogP contribution in [0.4, 0.5) is 14.5 Å². The molecule has 4 aromatic rings. The Kier molecular flexibility index (Phi) is 4.63. The zero-order valence-corrected chi connectivity index (χ0v) is 14.5. The lowest BCUT2D eigenvalue weighted by Gasteiger charge is -2.05. The normalized spacial score (nSPS) is 10.6. The van der Waals surface area contributed by atoms with Gasteiger partial charge in [-0.15, -0.1) is 5.10 Å². The van der Waals surface area contributed by atoms with Crippen LogP contribution >= 0.6 is 0 Å². The first-order chi connectivity index (χ1) is 13.6. The number of benzene rings is 3. The van der Waals surface area contributed by atoms with E-state index in [0.717, 1.165) is 0 Å². The molecule has 0 unspecified atom stereocenters. The van der Waals surface area contributed by atoms with Crippen LogP contribution in [-0.4, -0.2) is 20.7 Å². The summed E-state index contributed by atoms with van der Waals surface area (Å²) in [6.45, 7) is 0. The molecule has 0 aliphatic rings. The third-order valence-electron chi connectivity index (χ3n) is 4.02. The Bertz CT molecular complexity index is 1040. The molecule has 0 aliphatic heterocycles. The molecule has 0 radical (unpaired) electrons. The van der Waals surface area contributed by atoms with Crippen LogP contribution in [0.3, 0.4) is 0 Å². The summed E-state index contributed by atoms with van der Waals surface area (Å²) in [7, 11) is 0. The van der Waals surface area contributed by atoms with Gasteiger partial charge >= 0.3 is 0 Å². The van der Waals surface area contributed by atoms with E-state index in [-0.39, 0.29) is 5.82 Å². The van der Waals surface area contributed by atoms with Gasteiger partial charge in [-0.25, -0.2) is 18.4 Å². The summed E-state index contributed by atoms with van der Waals surface area (Å²) in [5, 5.41) is 7.00. The standard InChI is InChI=1S/C21H14F2N4O/c22-15-8-6-14(7-9-15)20-25-19(21(28)24-17-4-2-1-3-5-17)26-27(20)18-12-10-16(23)11-13-18/h1-13H,(H,24,28). The predicted octanol–water partition coefficient (Wildman–Crippen LogP) is 4.46. The van der Waals surface area contributed by atoms with Crippen molar-refractivity contribution in [3.63, 3.8) is 0 Å². The molecule has 0 saturated heterocycles. The molecule has 0 saturated carbocycles. The molecule has 1 N–H and O–H groups in total. The maximum absolute atomic E-state index is 13.3. The molecule has 4 rings (SSSR count). The molecule has 138 valence electrons. The van der Waals surface area contributed by atoms with E-state index in [1.54, 1.807) is 24.3 Å². The van der Waals surface area contributed by atoms with Gasteiger partial charge in [0, 0.05) is 11.3 Å². The van der Waals surface area contributed by atoms with E-state index in [1.807, 2.05) is 6.07 Å². The van der Waals surface area contributed by atoms with E-state index < -0.39 is 17.5 Å².